The van der Waals surface area contributed by atoms with Crippen LogP contribution in [0.3, 0.4) is 0 Å². The summed E-state index contributed by atoms with van der Waals surface area (Å²) in [5.41, 5.74) is 5.53. The first-order valence-corrected chi connectivity index (χ1v) is 4.44. The third-order valence-electron chi connectivity index (χ3n) is 1.71. The Balaban J connectivity index is 2.58. The SMILES string of the molecule is NC(=O)CCOc1ccccc1NC=O. The van der Waals surface area contributed by atoms with Crippen LogP contribution in [0.25, 0.3) is 0 Å². The highest BCUT2D eigenvalue weighted by atomic mass is 16.5. The number of carbonyl (C=O) groups excluding carboxylic acids is 2. The number of hydrogen-bond donors (Lipinski definition) is 2. The second-order valence-corrected chi connectivity index (χ2v) is 2.82. The average Bonchev–Trinajstić information content (AvgIpc) is 2.20. The summed E-state index contributed by atoms with van der Waals surface area (Å²) in [5, 5.41) is 2.49. The molecular formula is C10H12N2O3. The van der Waals surface area contributed by atoms with E-state index in [4.69, 9.17) is 10.5 Å². The maximum atomic E-state index is 10.5. The minimum atomic E-state index is -0.421. The van der Waals surface area contributed by atoms with Crippen LogP contribution in [0.5, 0.6) is 5.75 Å². The largest absolute Gasteiger partial charge is 0.491 e. The van der Waals surface area contributed by atoms with Crippen molar-refractivity contribution in [1.82, 2.24) is 0 Å². The number of para-hydroxylation sites is 2. The predicted molar refractivity (Wildman–Crippen MR) is 55.4 cm³/mol. The monoisotopic (exact) mass is 208 g/mol. The summed E-state index contributed by atoms with van der Waals surface area (Å²) in [6.45, 7) is 0.201. The molecule has 0 bridgehead atoms. The van der Waals surface area contributed by atoms with Crippen LogP contribution in [-0.2, 0) is 9.59 Å². The van der Waals surface area contributed by atoms with Gasteiger partial charge in [0.1, 0.15) is 5.75 Å². The van der Waals surface area contributed by atoms with Crippen molar-refractivity contribution in [2.24, 2.45) is 5.73 Å². The van der Waals surface area contributed by atoms with Crippen LogP contribution in [0.4, 0.5) is 5.69 Å². The number of hydrogen-bond acceptors (Lipinski definition) is 3. The summed E-state index contributed by atoms with van der Waals surface area (Å²) < 4.78 is 5.28. The predicted octanol–water partition coefficient (Wildman–Crippen LogP) is 0.509. The lowest BCUT2D eigenvalue weighted by Crippen LogP contribution is -2.14. The molecule has 0 fully saturated rings. The molecular weight excluding hydrogens is 196 g/mol. The minimum absolute atomic E-state index is 0.148. The molecule has 0 saturated heterocycles. The van der Waals surface area contributed by atoms with E-state index in [-0.39, 0.29) is 13.0 Å². The topological polar surface area (TPSA) is 81.4 Å². The molecule has 5 nitrogen and oxygen atoms in total. The van der Waals surface area contributed by atoms with Gasteiger partial charge in [0, 0.05) is 0 Å². The number of ether oxygens (including phenoxy) is 1. The van der Waals surface area contributed by atoms with Crippen molar-refractivity contribution >= 4 is 18.0 Å². The lowest BCUT2D eigenvalue weighted by atomic mass is 10.3. The van der Waals surface area contributed by atoms with Gasteiger partial charge >= 0.3 is 0 Å². The third kappa shape index (κ3) is 3.68. The number of nitrogens with two attached hydrogens (primary N) is 1. The van der Waals surface area contributed by atoms with E-state index in [0.29, 0.717) is 17.8 Å². The van der Waals surface area contributed by atoms with Crippen LogP contribution >= 0.6 is 0 Å². The fourth-order valence-electron chi connectivity index (χ4n) is 1.04. The third-order valence-corrected chi connectivity index (χ3v) is 1.71. The number of anilines is 1. The quantitative estimate of drug-likeness (QED) is 0.668. The molecule has 0 aliphatic heterocycles. The molecule has 15 heavy (non-hydrogen) atoms. The summed E-state index contributed by atoms with van der Waals surface area (Å²) in [6.07, 6.45) is 0.714. The van der Waals surface area contributed by atoms with E-state index < -0.39 is 5.91 Å². The van der Waals surface area contributed by atoms with Crippen molar-refractivity contribution in [1.29, 1.82) is 0 Å². The average molecular weight is 208 g/mol. The molecule has 0 aliphatic rings. The maximum absolute atomic E-state index is 10.5. The number of amides is 2. The van der Waals surface area contributed by atoms with E-state index in [9.17, 15) is 9.59 Å². The first-order valence-electron chi connectivity index (χ1n) is 4.44. The van der Waals surface area contributed by atoms with Crippen molar-refractivity contribution < 1.29 is 14.3 Å². The Labute approximate surface area is 87.2 Å². The van der Waals surface area contributed by atoms with E-state index in [2.05, 4.69) is 5.32 Å². The van der Waals surface area contributed by atoms with Gasteiger partial charge in [-0.25, -0.2) is 0 Å². The molecule has 1 rings (SSSR count). The van der Waals surface area contributed by atoms with Crippen LogP contribution in [-0.4, -0.2) is 18.9 Å². The Morgan fingerprint density at radius 3 is 2.87 bits per heavy atom. The summed E-state index contributed by atoms with van der Waals surface area (Å²) in [4.78, 5) is 20.7. The van der Waals surface area contributed by atoms with E-state index in [1.807, 2.05) is 0 Å². The van der Waals surface area contributed by atoms with Crippen LogP contribution in [0.1, 0.15) is 6.42 Å². The van der Waals surface area contributed by atoms with Gasteiger partial charge in [0.2, 0.25) is 12.3 Å². The van der Waals surface area contributed by atoms with Crippen molar-refractivity contribution in [3.63, 3.8) is 0 Å². The molecule has 0 atom stereocenters. The summed E-state index contributed by atoms with van der Waals surface area (Å²) >= 11 is 0. The van der Waals surface area contributed by atoms with Crippen molar-refractivity contribution in [2.75, 3.05) is 11.9 Å². The molecule has 2 amide bonds. The number of rotatable bonds is 6. The molecule has 1 aromatic rings. The van der Waals surface area contributed by atoms with Gasteiger partial charge in [0.05, 0.1) is 18.7 Å². The molecule has 0 spiro atoms. The van der Waals surface area contributed by atoms with E-state index >= 15 is 0 Å². The smallest absolute Gasteiger partial charge is 0.220 e. The second-order valence-electron chi connectivity index (χ2n) is 2.82. The maximum Gasteiger partial charge on any atom is 0.220 e. The molecule has 0 unspecified atom stereocenters. The van der Waals surface area contributed by atoms with Gasteiger partial charge in [-0.2, -0.15) is 0 Å². The van der Waals surface area contributed by atoms with Gasteiger partial charge in [0.25, 0.3) is 0 Å². The van der Waals surface area contributed by atoms with Gasteiger partial charge in [0.15, 0.2) is 0 Å². The van der Waals surface area contributed by atoms with Gasteiger partial charge in [-0.15, -0.1) is 0 Å². The van der Waals surface area contributed by atoms with Crippen molar-refractivity contribution in [3.05, 3.63) is 24.3 Å². The molecule has 3 N–H and O–H groups in total. The molecule has 80 valence electrons. The highest BCUT2D eigenvalue weighted by Gasteiger charge is 2.02. The molecule has 5 heteroatoms. The first kappa shape index (κ1) is 11.0. The number of nitrogens with one attached hydrogen (secondary N) is 1. The second kappa shape index (κ2) is 5.64. The zero-order valence-electron chi connectivity index (χ0n) is 8.10. The number of benzene rings is 1. The summed E-state index contributed by atoms with van der Waals surface area (Å²) in [6, 6.07) is 6.95. The number of carbonyl (C=O) groups is 2. The zero-order chi connectivity index (χ0) is 11.1. The Hall–Kier alpha value is -2.04. The standard InChI is InChI=1S/C10H12N2O3/c11-10(14)5-6-15-9-4-2-1-3-8(9)12-7-13/h1-4,7H,5-6H2,(H2,11,14)(H,12,13). The van der Waals surface area contributed by atoms with E-state index in [0.717, 1.165) is 0 Å². The molecule has 0 saturated carbocycles. The Morgan fingerprint density at radius 2 is 2.20 bits per heavy atom. The minimum Gasteiger partial charge on any atom is -0.491 e. The van der Waals surface area contributed by atoms with Gasteiger partial charge in [-0.3, -0.25) is 9.59 Å². The Bertz CT molecular complexity index is 352. The lowest BCUT2D eigenvalue weighted by molar-refractivity contribution is -0.118. The highest BCUT2D eigenvalue weighted by Crippen LogP contribution is 2.22. The van der Waals surface area contributed by atoms with Crippen molar-refractivity contribution in [2.45, 2.75) is 6.42 Å². The highest BCUT2D eigenvalue weighted by molar-refractivity contribution is 5.75. The van der Waals surface area contributed by atoms with Crippen LogP contribution in [0.15, 0.2) is 24.3 Å². The fraction of sp³-hybridized carbons (Fsp3) is 0.200. The van der Waals surface area contributed by atoms with Crippen LogP contribution < -0.4 is 15.8 Å². The van der Waals surface area contributed by atoms with Crippen LogP contribution in [0.2, 0.25) is 0 Å². The Kier molecular flexibility index (Phi) is 4.15. The van der Waals surface area contributed by atoms with E-state index in [1.54, 1.807) is 24.3 Å². The van der Waals surface area contributed by atoms with Crippen molar-refractivity contribution in [3.8, 4) is 5.75 Å². The summed E-state index contributed by atoms with van der Waals surface area (Å²) in [5.74, 6) is 0.0988. The first-order chi connectivity index (χ1) is 7.24. The molecule has 0 radical (unpaired) electrons. The molecule has 0 heterocycles. The fourth-order valence-corrected chi connectivity index (χ4v) is 1.04. The van der Waals surface area contributed by atoms with Gasteiger partial charge < -0.3 is 15.8 Å². The molecule has 0 aromatic heterocycles. The van der Waals surface area contributed by atoms with E-state index in [1.165, 1.54) is 0 Å². The normalized spacial score (nSPS) is 9.33. The molecule has 1 aromatic carbocycles. The van der Waals surface area contributed by atoms with Gasteiger partial charge in [-0.1, -0.05) is 12.1 Å². The summed E-state index contributed by atoms with van der Waals surface area (Å²) in [7, 11) is 0. The Morgan fingerprint density at radius 1 is 1.47 bits per heavy atom. The lowest BCUT2D eigenvalue weighted by Gasteiger charge is -2.09. The molecule has 0 aliphatic carbocycles. The zero-order valence-corrected chi connectivity index (χ0v) is 8.10. The van der Waals surface area contributed by atoms with Gasteiger partial charge in [-0.05, 0) is 12.1 Å². The van der Waals surface area contributed by atoms with Crippen LogP contribution in [0, 0.1) is 0 Å². The number of primary amides is 1.